The molecule has 0 amide bonds. The van der Waals surface area contributed by atoms with E-state index in [1.54, 1.807) is 17.5 Å². The summed E-state index contributed by atoms with van der Waals surface area (Å²) >= 11 is 1.71. The maximum absolute atomic E-state index is 4.74. The summed E-state index contributed by atoms with van der Waals surface area (Å²) in [5, 5.41) is 12.2. The summed E-state index contributed by atoms with van der Waals surface area (Å²) in [4.78, 5) is 10.4. The Morgan fingerprint density at radius 2 is 2.11 bits per heavy atom. The standard InChI is InChI=1S/C20H26N6S.HI/c1-5-21-20(22-13-19-15(3)24-16(4)27-19)25-14(2)17-8-6-9-18(12-17)26-11-7-10-23-26;/h6-12,14H,5,13H2,1-4H3,(H2,21,22,25);1H. The molecule has 1 aromatic carbocycles. The number of nitrogens with one attached hydrogen (secondary N) is 2. The summed E-state index contributed by atoms with van der Waals surface area (Å²) in [7, 11) is 0. The second-order valence-electron chi connectivity index (χ2n) is 6.35. The second kappa shape index (κ2) is 10.6. The van der Waals surface area contributed by atoms with Crippen molar-refractivity contribution in [2.24, 2.45) is 4.99 Å². The van der Waals surface area contributed by atoms with Gasteiger partial charge in [0.15, 0.2) is 5.96 Å². The smallest absolute Gasteiger partial charge is 0.192 e. The average Bonchev–Trinajstić information content (AvgIpc) is 3.29. The van der Waals surface area contributed by atoms with Crippen LogP contribution in [-0.4, -0.2) is 27.3 Å². The maximum atomic E-state index is 4.74. The number of aromatic nitrogens is 3. The minimum absolute atomic E-state index is 0. The lowest BCUT2D eigenvalue weighted by atomic mass is 10.1. The van der Waals surface area contributed by atoms with Gasteiger partial charge in [0.25, 0.3) is 0 Å². The molecule has 0 bridgehead atoms. The number of nitrogens with zero attached hydrogens (tertiary/aromatic N) is 4. The van der Waals surface area contributed by atoms with Crippen molar-refractivity contribution in [1.29, 1.82) is 0 Å². The first-order chi connectivity index (χ1) is 13.1. The van der Waals surface area contributed by atoms with E-state index in [-0.39, 0.29) is 30.0 Å². The van der Waals surface area contributed by atoms with Gasteiger partial charge >= 0.3 is 0 Å². The van der Waals surface area contributed by atoms with Crippen molar-refractivity contribution in [3.05, 3.63) is 63.9 Å². The Kier molecular flexibility index (Phi) is 8.43. The van der Waals surface area contributed by atoms with E-state index in [4.69, 9.17) is 4.99 Å². The molecule has 8 heteroatoms. The van der Waals surface area contributed by atoms with Crippen molar-refractivity contribution in [3.63, 3.8) is 0 Å². The topological polar surface area (TPSA) is 67.1 Å². The first-order valence-corrected chi connectivity index (χ1v) is 9.96. The first-order valence-electron chi connectivity index (χ1n) is 9.14. The predicted molar refractivity (Wildman–Crippen MR) is 127 cm³/mol. The van der Waals surface area contributed by atoms with Gasteiger partial charge in [-0.1, -0.05) is 12.1 Å². The van der Waals surface area contributed by atoms with E-state index in [9.17, 15) is 0 Å². The molecule has 2 N–H and O–H groups in total. The first kappa shape index (κ1) is 22.4. The normalized spacial score (nSPS) is 12.4. The fraction of sp³-hybridized carbons (Fsp3) is 0.350. The molecule has 1 unspecified atom stereocenters. The lowest BCUT2D eigenvalue weighted by Gasteiger charge is -2.19. The minimum Gasteiger partial charge on any atom is -0.357 e. The van der Waals surface area contributed by atoms with Crippen molar-refractivity contribution in [2.45, 2.75) is 40.3 Å². The quantitative estimate of drug-likeness (QED) is 0.294. The number of benzene rings is 1. The lowest BCUT2D eigenvalue weighted by molar-refractivity contribution is 0.685. The van der Waals surface area contributed by atoms with Crippen molar-refractivity contribution < 1.29 is 0 Å². The molecule has 0 radical (unpaired) electrons. The van der Waals surface area contributed by atoms with E-state index in [1.165, 1.54) is 10.4 Å². The van der Waals surface area contributed by atoms with Crippen molar-refractivity contribution in [3.8, 4) is 5.69 Å². The maximum Gasteiger partial charge on any atom is 0.192 e. The van der Waals surface area contributed by atoms with Gasteiger partial charge in [0, 0.05) is 23.8 Å². The van der Waals surface area contributed by atoms with Crippen LogP contribution < -0.4 is 10.6 Å². The van der Waals surface area contributed by atoms with E-state index in [0.717, 1.165) is 28.9 Å². The molecule has 3 rings (SSSR count). The number of aliphatic imine (C=N–C) groups is 1. The average molecular weight is 510 g/mol. The summed E-state index contributed by atoms with van der Waals surface area (Å²) in [6.45, 7) is 9.72. The Balaban J connectivity index is 0.00000280. The number of rotatable bonds is 6. The molecule has 2 aromatic heterocycles. The highest BCUT2D eigenvalue weighted by Crippen LogP contribution is 2.19. The molecule has 0 saturated heterocycles. The van der Waals surface area contributed by atoms with E-state index >= 15 is 0 Å². The summed E-state index contributed by atoms with van der Waals surface area (Å²) < 4.78 is 1.87. The van der Waals surface area contributed by atoms with Crippen LogP contribution in [0.2, 0.25) is 0 Å². The number of aryl methyl sites for hydroxylation is 2. The van der Waals surface area contributed by atoms with Gasteiger partial charge in [-0.2, -0.15) is 5.10 Å². The molecule has 6 nitrogen and oxygen atoms in total. The molecule has 3 aromatic rings. The van der Waals surface area contributed by atoms with E-state index in [1.807, 2.05) is 30.8 Å². The van der Waals surface area contributed by atoms with Crippen LogP contribution in [0.25, 0.3) is 5.69 Å². The molecule has 0 saturated carbocycles. The van der Waals surface area contributed by atoms with Gasteiger partial charge in [-0.15, -0.1) is 35.3 Å². The van der Waals surface area contributed by atoms with Gasteiger partial charge in [-0.3, -0.25) is 0 Å². The third-order valence-corrected chi connectivity index (χ3v) is 5.27. The number of halogens is 1. The third-order valence-electron chi connectivity index (χ3n) is 4.22. The van der Waals surface area contributed by atoms with Gasteiger partial charge in [0.05, 0.1) is 29.0 Å². The van der Waals surface area contributed by atoms with Gasteiger partial charge in [-0.25, -0.2) is 14.7 Å². The molecule has 0 aliphatic carbocycles. The van der Waals surface area contributed by atoms with Gasteiger partial charge in [0.1, 0.15) is 0 Å². The predicted octanol–water partition coefficient (Wildman–Crippen LogP) is 4.38. The van der Waals surface area contributed by atoms with Crippen LogP contribution in [0, 0.1) is 13.8 Å². The molecule has 2 heterocycles. The second-order valence-corrected chi connectivity index (χ2v) is 7.64. The Morgan fingerprint density at radius 3 is 2.75 bits per heavy atom. The van der Waals surface area contributed by atoms with Crippen molar-refractivity contribution >= 4 is 41.3 Å². The fourth-order valence-electron chi connectivity index (χ4n) is 2.84. The van der Waals surface area contributed by atoms with Crippen molar-refractivity contribution in [2.75, 3.05) is 6.54 Å². The van der Waals surface area contributed by atoms with E-state index < -0.39 is 0 Å². The Morgan fingerprint density at radius 1 is 1.29 bits per heavy atom. The van der Waals surface area contributed by atoms with Crippen molar-refractivity contribution in [1.82, 2.24) is 25.4 Å². The van der Waals surface area contributed by atoms with Crippen LogP contribution in [0.15, 0.2) is 47.7 Å². The summed E-state index contributed by atoms with van der Waals surface area (Å²) in [6.07, 6.45) is 3.73. The lowest BCUT2D eigenvalue weighted by Crippen LogP contribution is -2.38. The van der Waals surface area contributed by atoms with Gasteiger partial charge in [0.2, 0.25) is 0 Å². The van der Waals surface area contributed by atoms with Crippen LogP contribution in [-0.2, 0) is 6.54 Å². The zero-order valence-corrected chi connectivity index (χ0v) is 19.8. The Hall–Kier alpha value is -1.94. The fourth-order valence-corrected chi connectivity index (χ4v) is 3.70. The van der Waals surface area contributed by atoms with E-state index in [0.29, 0.717) is 6.54 Å². The molecule has 1 atom stereocenters. The molecule has 150 valence electrons. The Labute approximate surface area is 187 Å². The molecular weight excluding hydrogens is 483 g/mol. The van der Waals surface area contributed by atoms with Gasteiger partial charge < -0.3 is 10.6 Å². The molecule has 0 spiro atoms. The molecule has 28 heavy (non-hydrogen) atoms. The van der Waals surface area contributed by atoms with E-state index in [2.05, 4.69) is 58.8 Å². The Bertz CT molecular complexity index is 903. The van der Waals surface area contributed by atoms with Crippen LogP contribution in [0.5, 0.6) is 0 Å². The highest BCUT2D eigenvalue weighted by molar-refractivity contribution is 14.0. The third kappa shape index (κ3) is 5.78. The highest BCUT2D eigenvalue weighted by atomic mass is 127. The zero-order chi connectivity index (χ0) is 19.2. The molecule has 0 aliphatic heterocycles. The largest absolute Gasteiger partial charge is 0.357 e. The number of hydrogen-bond donors (Lipinski definition) is 2. The number of thiazole rings is 1. The minimum atomic E-state index is 0. The molecular formula is C20H27IN6S. The molecule has 0 fully saturated rings. The zero-order valence-electron chi connectivity index (χ0n) is 16.6. The number of hydrogen-bond acceptors (Lipinski definition) is 4. The number of guanidine groups is 1. The van der Waals surface area contributed by atoms with Gasteiger partial charge in [-0.05, 0) is 51.5 Å². The molecule has 0 aliphatic rings. The van der Waals surface area contributed by atoms with Crippen LogP contribution in [0.1, 0.15) is 41.0 Å². The monoisotopic (exact) mass is 510 g/mol. The van der Waals surface area contributed by atoms with Crippen LogP contribution in [0.4, 0.5) is 0 Å². The van der Waals surface area contributed by atoms with Crippen LogP contribution in [0.3, 0.4) is 0 Å². The van der Waals surface area contributed by atoms with Crippen LogP contribution >= 0.6 is 35.3 Å². The summed E-state index contributed by atoms with van der Waals surface area (Å²) in [5.41, 5.74) is 3.29. The summed E-state index contributed by atoms with van der Waals surface area (Å²) in [5.74, 6) is 0.806. The highest BCUT2D eigenvalue weighted by Gasteiger charge is 2.10. The SMILES string of the molecule is CCNC(=NCc1sc(C)nc1C)NC(C)c1cccc(-n2cccn2)c1.I. The summed E-state index contributed by atoms with van der Waals surface area (Å²) in [6, 6.07) is 10.4.